The number of nitrogens with two attached hydrogens (primary N) is 2. The van der Waals surface area contributed by atoms with Crippen molar-refractivity contribution in [3.63, 3.8) is 0 Å². The van der Waals surface area contributed by atoms with Gasteiger partial charge >= 0.3 is 0 Å². The van der Waals surface area contributed by atoms with Crippen LogP contribution in [0, 0.1) is 5.82 Å². The number of nitrogens with zero attached hydrogens (tertiary/aromatic N) is 1. The van der Waals surface area contributed by atoms with Gasteiger partial charge in [0.2, 0.25) is 0 Å². The third kappa shape index (κ3) is 3.00. The number of anilines is 3. The first kappa shape index (κ1) is 13.3. The average molecular weight is 325 g/mol. The maximum Gasteiger partial charge on any atom is 0.252 e. The third-order valence-electron chi connectivity index (χ3n) is 2.36. The van der Waals surface area contributed by atoms with E-state index in [9.17, 15) is 9.18 Å². The van der Waals surface area contributed by atoms with Gasteiger partial charge in [0.25, 0.3) is 5.91 Å². The van der Waals surface area contributed by atoms with Crippen molar-refractivity contribution in [2.24, 2.45) is 5.73 Å². The van der Waals surface area contributed by atoms with E-state index < -0.39 is 11.7 Å². The van der Waals surface area contributed by atoms with E-state index in [0.717, 1.165) is 0 Å². The maximum absolute atomic E-state index is 13.6. The van der Waals surface area contributed by atoms with E-state index in [1.807, 2.05) is 0 Å². The van der Waals surface area contributed by atoms with Crippen molar-refractivity contribution in [2.75, 3.05) is 11.1 Å². The van der Waals surface area contributed by atoms with Crippen LogP contribution in [0.2, 0.25) is 0 Å². The number of amides is 1. The molecule has 0 unspecified atom stereocenters. The van der Waals surface area contributed by atoms with Gasteiger partial charge in [-0.2, -0.15) is 0 Å². The first-order chi connectivity index (χ1) is 8.97. The molecule has 0 aliphatic carbocycles. The quantitative estimate of drug-likeness (QED) is 0.808. The highest BCUT2D eigenvalue weighted by Gasteiger charge is 2.12. The molecular formula is C12H10BrFN4O. The molecule has 0 aliphatic heterocycles. The van der Waals surface area contributed by atoms with Gasteiger partial charge in [-0.25, -0.2) is 9.37 Å². The number of benzene rings is 1. The lowest BCUT2D eigenvalue weighted by Gasteiger charge is -2.10. The number of hydrogen-bond acceptors (Lipinski definition) is 4. The summed E-state index contributed by atoms with van der Waals surface area (Å²) < 4.78 is 14.3. The Bertz CT molecular complexity index is 648. The number of carbonyl (C=O) groups is 1. The number of aromatic nitrogens is 1. The van der Waals surface area contributed by atoms with E-state index in [-0.39, 0.29) is 17.1 Å². The fourth-order valence-electron chi connectivity index (χ4n) is 1.49. The molecule has 1 amide bonds. The summed E-state index contributed by atoms with van der Waals surface area (Å²) in [7, 11) is 0. The van der Waals surface area contributed by atoms with Gasteiger partial charge in [-0.1, -0.05) is 15.9 Å². The van der Waals surface area contributed by atoms with E-state index in [1.165, 1.54) is 24.4 Å². The normalized spacial score (nSPS) is 10.2. The van der Waals surface area contributed by atoms with Crippen molar-refractivity contribution in [1.82, 2.24) is 4.98 Å². The van der Waals surface area contributed by atoms with E-state index >= 15 is 0 Å². The number of hydrogen-bond donors (Lipinski definition) is 3. The van der Waals surface area contributed by atoms with Crippen LogP contribution in [0.4, 0.5) is 21.6 Å². The summed E-state index contributed by atoms with van der Waals surface area (Å²) in [6.45, 7) is 0. The molecule has 0 atom stereocenters. The van der Waals surface area contributed by atoms with Crippen LogP contribution in [-0.2, 0) is 0 Å². The van der Waals surface area contributed by atoms with Gasteiger partial charge < -0.3 is 16.8 Å². The van der Waals surface area contributed by atoms with Crippen LogP contribution in [0.5, 0.6) is 0 Å². The van der Waals surface area contributed by atoms with Crippen molar-refractivity contribution in [3.05, 3.63) is 46.3 Å². The molecule has 5 N–H and O–H groups in total. The van der Waals surface area contributed by atoms with Crippen LogP contribution >= 0.6 is 15.9 Å². The summed E-state index contributed by atoms with van der Waals surface area (Å²) in [6.07, 6.45) is 1.35. The number of rotatable bonds is 3. The van der Waals surface area contributed by atoms with Crippen LogP contribution in [0.15, 0.2) is 34.9 Å². The van der Waals surface area contributed by atoms with Crippen molar-refractivity contribution in [2.45, 2.75) is 0 Å². The summed E-state index contributed by atoms with van der Waals surface area (Å²) in [5.74, 6) is -1.02. The highest BCUT2D eigenvalue weighted by atomic mass is 79.9. The zero-order chi connectivity index (χ0) is 14.0. The van der Waals surface area contributed by atoms with Gasteiger partial charge in [0.15, 0.2) is 0 Å². The molecule has 2 rings (SSSR count). The molecule has 0 spiro atoms. The predicted octanol–water partition coefficient (Wildman–Crippen LogP) is 2.41. The highest BCUT2D eigenvalue weighted by molar-refractivity contribution is 9.10. The number of pyridine rings is 1. The number of halogens is 2. The summed E-state index contributed by atoms with van der Waals surface area (Å²) in [5.41, 5.74) is 11.3. The molecule has 19 heavy (non-hydrogen) atoms. The Morgan fingerprint density at radius 1 is 1.37 bits per heavy atom. The van der Waals surface area contributed by atoms with Crippen LogP contribution in [-0.4, -0.2) is 10.9 Å². The summed E-state index contributed by atoms with van der Waals surface area (Å²) in [6, 6.07) is 5.76. The van der Waals surface area contributed by atoms with Crippen LogP contribution in [0.3, 0.4) is 0 Å². The van der Waals surface area contributed by atoms with Crippen molar-refractivity contribution < 1.29 is 9.18 Å². The van der Waals surface area contributed by atoms with E-state index in [0.29, 0.717) is 10.2 Å². The molecule has 98 valence electrons. The molecule has 0 aliphatic rings. The smallest absolute Gasteiger partial charge is 0.252 e. The predicted molar refractivity (Wildman–Crippen MR) is 74.5 cm³/mol. The molecule has 5 nitrogen and oxygen atoms in total. The number of nitrogen functional groups attached to an aromatic ring is 1. The average Bonchev–Trinajstić information content (AvgIpc) is 2.35. The molecule has 2 aromatic rings. The second-order valence-electron chi connectivity index (χ2n) is 3.78. The lowest BCUT2D eigenvalue weighted by Crippen LogP contribution is -2.15. The Labute approximate surface area is 116 Å². The zero-order valence-electron chi connectivity index (χ0n) is 9.65. The lowest BCUT2D eigenvalue weighted by atomic mass is 10.2. The molecule has 1 heterocycles. The minimum Gasteiger partial charge on any atom is -0.397 e. The molecule has 0 fully saturated rings. The number of nitrogens with one attached hydrogen (secondary N) is 1. The van der Waals surface area contributed by atoms with E-state index in [2.05, 4.69) is 26.2 Å². The molecular weight excluding hydrogens is 315 g/mol. The second kappa shape index (κ2) is 5.23. The van der Waals surface area contributed by atoms with Gasteiger partial charge in [0, 0.05) is 4.47 Å². The Morgan fingerprint density at radius 2 is 2.11 bits per heavy atom. The first-order valence-electron chi connectivity index (χ1n) is 5.25. The standard InChI is InChI=1S/C12H10BrFN4O/c13-6-1-2-9(14)10(3-6)18-12-8(11(16)19)4-7(15)5-17-12/h1-5H,15H2,(H2,16,19)(H,17,18). The highest BCUT2D eigenvalue weighted by Crippen LogP contribution is 2.25. The van der Waals surface area contributed by atoms with Gasteiger partial charge in [0.05, 0.1) is 23.1 Å². The van der Waals surface area contributed by atoms with Crippen molar-refractivity contribution >= 4 is 39.0 Å². The zero-order valence-corrected chi connectivity index (χ0v) is 11.2. The molecule has 0 bridgehead atoms. The number of carbonyl (C=O) groups excluding carboxylic acids is 1. The molecule has 1 aromatic carbocycles. The Hall–Kier alpha value is -2.15. The van der Waals surface area contributed by atoms with Crippen LogP contribution < -0.4 is 16.8 Å². The summed E-state index contributed by atoms with van der Waals surface area (Å²) in [5, 5.41) is 2.72. The summed E-state index contributed by atoms with van der Waals surface area (Å²) >= 11 is 3.23. The maximum atomic E-state index is 13.6. The monoisotopic (exact) mass is 324 g/mol. The minimum atomic E-state index is -0.697. The molecule has 0 saturated carbocycles. The van der Waals surface area contributed by atoms with Gasteiger partial charge in [-0.3, -0.25) is 4.79 Å². The minimum absolute atomic E-state index is 0.0966. The van der Waals surface area contributed by atoms with Crippen molar-refractivity contribution in [1.29, 1.82) is 0 Å². The van der Waals surface area contributed by atoms with Crippen LogP contribution in [0.25, 0.3) is 0 Å². The first-order valence-corrected chi connectivity index (χ1v) is 6.04. The largest absolute Gasteiger partial charge is 0.397 e. The lowest BCUT2D eigenvalue weighted by molar-refractivity contribution is 0.100. The van der Waals surface area contributed by atoms with Gasteiger partial charge in [-0.15, -0.1) is 0 Å². The topological polar surface area (TPSA) is 94.0 Å². The Balaban J connectivity index is 2.43. The fraction of sp³-hybridized carbons (Fsp3) is 0. The van der Waals surface area contributed by atoms with Crippen molar-refractivity contribution in [3.8, 4) is 0 Å². The molecule has 1 aromatic heterocycles. The number of primary amides is 1. The van der Waals surface area contributed by atoms with Gasteiger partial charge in [-0.05, 0) is 24.3 Å². The fourth-order valence-corrected chi connectivity index (χ4v) is 1.85. The SMILES string of the molecule is NC(=O)c1cc(N)cnc1Nc1cc(Br)ccc1F. The Kier molecular flexibility index (Phi) is 3.66. The van der Waals surface area contributed by atoms with E-state index in [4.69, 9.17) is 11.5 Å². The van der Waals surface area contributed by atoms with Crippen LogP contribution in [0.1, 0.15) is 10.4 Å². The van der Waals surface area contributed by atoms with E-state index in [1.54, 1.807) is 6.07 Å². The molecule has 7 heteroatoms. The Morgan fingerprint density at radius 3 is 2.79 bits per heavy atom. The summed E-state index contributed by atoms with van der Waals surface area (Å²) in [4.78, 5) is 15.2. The third-order valence-corrected chi connectivity index (χ3v) is 2.85. The molecule has 0 radical (unpaired) electrons. The second-order valence-corrected chi connectivity index (χ2v) is 4.69. The van der Waals surface area contributed by atoms with Gasteiger partial charge in [0.1, 0.15) is 11.6 Å². The molecule has 0 saturated heterocycles.